The number of ether oxygens (including phenoxy) is 5. The van der Waals surface area contributed by atoms with E-state index in [0.717, 1.165) is 27.7 Å². The summed E-state index contributed by atoms with van der Waals surface area (Å²) in [7, 11) is 0. The monoisotopic (exact) mass is 374 g/mol. The molecule has 1 heterocycles. The summed E-state index contributed by atoms with van der Waals surface area (Å²) in [4.78, 5) is 48.6. The van der Waals surface area contributed by atoms with Crippen LogP contribution < -0.4 is 4.91 Å². The van der Waals surface area contributed by atoms with Crippen molar-refractivity contribution in [3.8, 4) is 0 Å². The van der Waals surface area contributed by atoms with Crippen molar-refractivity contribution in [1.82, 2.24) is 4.91 Å². The number of rotatable bonds is 6. The van der Waals surface area contributed by atoms with Gasteiger partial charge in [0.15, 0.2) is 18.8 Å². The summed E-state index contributed by atoms with van der Waals surface area (Å²) in [6.45, 7) is 4.16. The van der Waals surface area contributed by atoms with Gasteiger partial charge in [0.1, 0.15) is 16.7 Å². The predicted molar refractivity (Wildman–Crippen MR) is 79.2 cm³/mol. The molecule has 1 rings (SSSR count). The zero-order chi connectivity index (χ0) is 19.9. The van der Waals surface area contributed by atoms with Crippen LogP contribution in [0.15, 0.2) is 5.11 Å². The van der Waals surface area contributed by atoms with Gasteiger partial charge in [0.05, 0.1) is 0 Å². The Kier molecular flexibility index (Phi) is 7.81. The van der Waals surface area contributed by atoms with Gasteiger partial charge in [-0.05, 0) is 0 Å². The second kappa shape index (κ2) is 9.59. The highest BCUT2D eigenvalue weighted by molar-refractivity contribution is 5.69. The smallest absolute Gasteiger partial charge is 0.305 e. The van der Waals surface area contributed by atoms with E-state index in [1.807, 2.05) is 0 Å². The molecular weight excluding hydrogens is 354 g/mol. The quantitative estimate of drug-likeness (QED) is 0.282. The van der Waals surface area contributed by atoms with E-state index < -0.39 is 54.6 Å². The van der Waals surface area contributed by atoms with Gasteiger partial charge in [-0.1, -0.05) is 0 Å². The van der Waals surface area contributed by atoms with Gasteiger partial charge in [0, 0.05) is 27.7 Å². The van der Waals surface area contributed by atoms with Crippen LogP contribution in [0.5, 0.6) is 0 Å². The average molecular weight is 374 g/mol. The van der Waals surface area contributed by atoms with E-state index in [9.17, 15) is 19.2 Å². The summed E-state index contributed by atoms with van der Waals surface area (Å²) in [6.07, 6.45) is -6.47. The number of hydrogen-bond donors (Lipinski definition) is 1. The highest BCUT2D eigenvalue weighted by Gasteiger charge is 2.53. The van der Waals surface area contributed by atoms with Crippen molar-refractivity contribution >= 4 is 23.9 Å². The molecule has 1 unspecified atom stereocenters. The maximum absolute atomic E-state index is 11.5. The zero-order valence-corrected chi connectivity index (χ0v) is 14.7. The summed E-state index contributed by atoms with van der Waals surface area (Å²) in [5.74, 6) is -3.00. The number of carbonyl (C=O) groups excluding carboxylic acids is 4. The molecule has 26 heavy (non-hydrogen) atoms. The molecule has 0 aromatic heterocycles. The molecule has 5 atom stereocenters. The SMILES string of the molecule is CC(=O)O[C@H]1OC(CN=[N+]=N)[C@@H](OC(C)=O)[C@H](OC(C)=O)[C@H]1OC(C)=O. The van der Waals surface area contributed by atoms with Gasteiger partial charge < -0.3 is 23.7 Å². The second-order valence-electron chi connectivity index (χ2n) is 5.30. The van der Waals surface area contributed by atoms with Crippen LogP contribution in [0.2, 0.25) is 0 Å². The molecular formula is C14H20N3O9+. The van der Waals surface area contributed by atoms with Crippen LogP contribution in [0.25, 0.3) is 0 Å². The molecule has 1 fully saturated rings. The third-order valence-electron chi connectivity index (χ3n) is 3.11. The lowest BCUT2D eigenvalue weighted by atomic mass is 9.97. The first kappa shape index (κ1) is 21.2. The van der Waals surface area contributed by atoms with Crippen molar-refractivity contribution in [3.05, 3.63) is 0 Å². The fraction of sp³-hybridized carbons (Fsp3) is 0.714. The Bertz CT molecular complexity index is 587. The van der Waals surface area contributed by atoms with Crippen LogP contribution in [0.1, 0.15) is 27.7 Å². The minimum absolute atomic E-state index is 0.260. The predicted octanol–water partition coefficient (Wildman–Crippen LogP) is -0.380. The molecule has 0 aromatic rings. The van der Waals surface area contributed by atoms with Crippen LogP contribution in [-0.4, -0.2) is 61.1 Å². The minimum atomic E-state index is -1.45. The molecule has 0 bridgehead atoms. The van der Waals surface area contributed by atoms with E-state index in [2.05, 4.69) is 10.0 Å². The molecule has 1 aliphatic heterocycles. The van der Waals surface area contributed by atoms with Crippen LogP contribution in [0.4, 0.5) is 0 Å². The van der Waals surface area contributed by atoms with Crippen LogP contribution in [0.3, 0.4) is 0 Å². The molecule has 12 nitrogen and oxygen atoms in total. The van der Waals surface area contributed by atoms with Crippen molar-refractivity contribution in [1.29, 1.82) is 5.53 Å². The molecule has 0 radical (unpaired) electrons. The number of nitrogens with zero attached hydrogens (tertiary/aromatic N) is 2. The second-order valence-corrected chi connectivity index (χ2v) is 5.30. The lowest BCUT2D eigenvalue weighted by molar-refractivity contribution is -0.294. The fourth-order valence-electron chi connectivity index (χ4n) is 2.38. The molecule has 144 valence electrons. The third kappa shape index (κ3) is 6.22. The standard InChI is InChI=1S/C14H20N3O9/c1-6(18)22-11-10(5-16-17-15)26-14(25-9(4)21)13(24-8(3)20)12(11)23-7(2)19/h10-15H,5H2,1-4H3/q+1/t10?,11-,12+,13-,14+/m1/s1. The topological polar surface area (TPSA) is 165 Å². The number of esters is 4. The fourth-order valence-corrected chi connectivity index (χ4v) is 2.38. The van der Waals surface area contributed by atoms with Crippen LogP contribution >= 0.6 is 0 Å². The largest absolute Gasteiger partial charge is 0.456 e. The molecule has 1 aliphatic rings. The maximum atomic E-state index is 11.5. The van der Waals surface area contributed by atoms with E-state index in [1.165, 1.54) is 0 Å². The molecule has 0 aliphatic carbocycles. The van der Waals surface area contributed by atoms with Gasteiger partial charge >= 0.3 is 23.9 Å². The van der Waals surface area contributed by atoms with E-state index in [1.54, 1.807) is 0 Å². The van der Waals surface area contributed by atoms with Crippen molar-refractivity contribution in [2.75, 3.05) is 6.54 Å². The lowest BCUT2D eigenvalue weighted by Crippen LogP contribution is -2.62. The molecule has 0 amide bonds. The summed E-state index contributed by atoms with van der Waals surface area (Å²) >= 11 is 0. The molecule has 1 N–H and O–H groups in total. The van der Waals surface area contributed by atoms with Crippen molar-refractivity contribution < 1.29 is 42.9 Å². The Hall–Kier alpha value is -2.85. The maximum Gasteiger partial charge on any atom is 0.305 e. The summed E-state index contributed by atoms with van der Waals surface area (Å²) in [6, 6.07) is 0. The van der Waals surface area contributed by atoms with Gasteiger partial charge in [-0.3, -0.25) is 19.2 Å². The van der Waals surface area contributed by atoms with Gasteiger partial charge in [-0.25, -0.2) is 0 Å². The zero-order valence-electron chi connectivity index (χ0n) is 14.7. The first-order valence-electron chi connectivity index (χ1n) is 7.53. The summed E-state index contributed by atoms with van der Waals surface area (Å²) in [5.41, 5.74) is 6.74. The van der Waals surface area contributed by atoms with Crippen molar-refractivity contribution in [3.63, 3.8) is 0 Å². The number of carbonyl (C=O) groups is 4. The Labute approximate surface area is 148 Å². The number of hydrogen-bond acceptors (Lipinski definition) is 11. The Morgan fingerprint density at radius 2 is 1.31 bits per heavy atom. The summed E-state index contributed by atoms with van der Waals surface area (Å²) in [5, 5.41) is 3.45. The van der Waals surface area contributed by atoms with E-state index in [4.69, 9.17) is 29.2 Å². The van der Waals surface area contributed by atoms with Crippen molar-refractivity contribution in [2.24, 2.45) is 5.11 Å². The number of nitrogens with one attached hydrogen (secondary N) is 1. The van der Waals surface area contributed by atoms with E-state index in [0.29, 0.717) is 0 Å². The van der Waals surface area contributed by atoms with Crippen LogP contribution in [0, 0.1) is 5.53 Å². The highest BCUT2D eigenvalue weighted by Crippen LogP contribution is 2.29. The van der Waals surface area contributed by atoms with Gasteiger partial charge in [-0.15, -0.1) is 0 Å². The molecule has 12 heteroatoms. The van der Waals surface area contributed by atoms with E-state index in [-0.39, 0.29) is 6.54 Å². The Balaban J connectivity index is 3.32. The lowest BCUT2D eigenvalue weighted by Gasteiger charge is -2.42. The van der Waals surface area contributed by atoms with Gasteiger partial charge in [-0.2, -0.15) is 0 Å². The van der Waals surface area contributed by atoms with Crippen LogP contribution in [-0.2, 0) is 42.9 Å². The van der Waals surface area contributed by atoms with Crippen molar-refractivity contribution in [2.45, 2.75) is 58.4 Å². The molecule has 0 spiro atoms. The third-order valence-corrected chi connectivity index (χ3v) is 3.11. The average Bonchev–Trinajstić information content (AvgIpc) is 2.49. The highest BCUT2D eigenvalue weighted by atomic mass is 16.7. The van der Waals surface area contributed by atoms with Gasteiger partial charge in [0.25, 0.3) is 0 Å². The normalized spacial score (nSPS) is 27.5. The molecule has 0 aromatic carbocycles. The van der Waals surface area contributed by atoms with E-state index >= 15 is 0 Å². The minimum Gasteiger partial charge on any atom is -0.456 e. The Morgan fingerprint density at radius 3 is 1.77 bits per heavy atom. The first-order chi connectivity index (χ1) is 12.1. The molecule has 1 saturated heterocycles. The molecule has 0 saturated carbocycles. The first-order valence-corrected chi connectivity index (χ1v) is 7.53. The van der Waals surface area contributed by atoms with Gasteiger partial charge in [0.2, 0.25) is 17.3 Å². The Morgan fingerprint density at radius 1 is 0.846 bits per heavy atom. The summed E-state index contributed by atoms with van der Waals surface area (Å²) < 4.78 is 25.9.